The third-order valence-electron chi connectivity index (χ3n) is 3.12. The minimum absolute atomic E-state index is 0.242. The second-order valence-corrected chi connectivity index (χ2v) is 4.43. The van der Waals surface area contributed by atoms with Gasteiger partial charge in [-0.15, -0.1) is 0 Å². The molecule has 0 spiro atoms. The minimum Gasteiger partial charge on any atom is -0.478 e. The van der Waals surface area contributed by atoms with Gasteiger partial charge in [-0.3, -0.25) is 4.98 Å². The van der Waals surface area contributed by atoms with Crippen LogP contribution < -0.4 is 5.32 Å². The molecule has 1 aromatic heterocycles. The van der Waals surface area contributed by atoms with Crippen LogP contribution in [0, 0.1) is 0 Å². The van der Waals surface area contributed by atoms with Crippen molar-refractivity contribution in [1.29, 1.82) is 0 Å². The Hall–Kier alpha value is -1.62. The molecular weight excluding hydrogens is 232 g/mol. The Balaban J connectivity index is 1.77. The van der Waals surface area contributed by atoms with Gasteiger partial charge < -0.3 is 15.2 Å². The van der Waals surface area contributed by atoms with E-state index in [1.54, 1.807) is 0 Å². The zero-order valence-electron chi connectivity index (χ0n) is 10.3. The van der Waals surface area contributed by atoms with Gasteiger partial charge in [0.2, 0.25) is 0 Å². The summed E-state index contributed by atoms with van der Waals surface area (Å²) in [5.41, 5.74) is 0.783. The lowest BCUT2D eigenvalue weighted by Gasteiger charge is -2.12. The van der Waals surface area contributed by atoms with E-state index in [9.17, 15) is 4.79 Å². The first-order chi connectivity index (χ1) is 8.77. The van der Waals surface area contributed by atoms with E-state index < -0.39 is 5.97 Å². The van der Waals surface area contributed by atoms with E-state index in [1.807, 2.05) is 0 Å². The van der Waals surface area contributed by atoms with Gasteiger partial charge in [-0.25, -0.2) is 4.79 Å². The summed E-state index contributed by atoms with van der Waals surface area (Å²) >= 11 is 0. The molecule has 98 valence electrons. The number of carboxylic acids is 1. The number of carbonyl (C=O) groups is 1. The number of pyridine rings is 1. The van der Waals surface area contributed by atoms with Gasteiger partial charge in [0.15, 0.2) is 0 Å². The fourth-order valence-corrected chi connectivity index (χ4v) is 2.19. The molecule has 1 aliphatic carbocycles. The van der Waals surface area contributed by atoms with Gasteiger partial charge in [-0.05, 0) is 18.9 Å². The van der Waals surface area contributed by atoms with Crippen LogP contribution in [0.3, 0.4) is 0 Å². The average Bonchev–Trinajstić information content (AvgIpc) is 2.88. The highest BCUT2D eigenvalue weighted by Gasteiger charge is 2.15. The summed E-state index contributed by atoms with van der Waals surface area (Å²) in [5, 5.41) is 12.0. The second kappa shape index (κ2) is 6.35. The van der Waals surface area contributed by atoms with Crippen LogP contribution in [0.25, 0.3) is 0 Å². The maximum Gasteiger partial charge on any atom is 0.337 e. The number of aromatic nitrogens is 1. The third-order valence-corrected chi connectivity index (χ3v) is 3.12. The lowest BCUT2D eigenvalue weighted by molar-refractivity contribution is 0.0655. The van der Waals surface area contributed by atoms with Crippen molar-refractivity contribution >= 4 is 11.7 Å². The highest BCUT2D eigenvalue weighted by atomic mass is 16.5. The molecule has 0 saturated heterocycles. The van der Waals surface area contributed by atoms with E-state index in [0.29, 0.717) is 24.9 Å². The Kier molecular flexibility index (Phi) is 4.52. The molecule has 0 unspecified atom stereocenters. The Morgan fingerprint density at radius 1 is 1.50 bits per heavy atom. The molecular formula is C13H18N2O3. The Morgan fingerprint density at radius 3 is 3.00 bits per heavy atom. The second-order valence-electron chi connectivity index (χ2n) is 4.43. The first kappa shape index (κ1) is 12.8. The number of ether oxygens (including phenoxy) is 1. The van der Waals surface area contributed by atoms with Gasteiger partial charge in [-0.2, -0.15) is 0 Å². The molecule has 0 aliphatic heterocycles. The van der Waals surface area contributed by atoms with Crippen molar-refractivity contribution in [2.45, 2.75) is 31.8 Å². The van der Waals surface area contributed by atoms with Gasteiger partial charge in [0.25, 0.3) is 0 Å². The topological polar surface area (TPSA) is 71.5 Å². The lowest BCUT2D eigenvalue weighted by Crippen LogP contribution is -2.16. The molecule has 18 heavy (non-hydrogen) atoms. The van der Waals surface area contributed by atoms with Crippen LogP contribution in [0.5, 0.6) is 0 Å². The number of hydrogen-bond donors (Lipinski definition) is 2. The van der Waals surface area contributed by atoms with Crippen LogP contribution in [0.1, 0.15) is 36.0 Å². The normalized spacial score (nSPS) is 15.8. The fourth-order valence-electron chi connectivity index (χ4n) is 2.19. The van der Waals surface area contributed by atoms with E-state index >= 15 is 0 Å². The first-order valence-corrected chi connectivity index (χ1v) is 6.30. The molecule has 1 aliphatic rings. The lowest BCUT2D eigenvalue weighted by atomic mass is 10.2. The molecule has 1 fully saturated rings. The number of aromatic carboxylic acids is 1. The summed E-state index contributed by atoms with van der Waals surface area (Å²) in [4.78, 5) is 14.9. The quantitative estimate of drug-likeness (QED) is 0.757. The predicted molar refractivity (Wildman–Crippen MR) is 67.9 cm³/mol. The van der Waals surface area contributed by atoms with E-state index in [2.05, 4.69) is 10.3 Å². The number of nitrogens with one attached hydrogen (secondary N) is 1. The van der Waals surface area contributed by atoms with Crippen molar-refractivity contribution in [3.8, 4) is 0 Å². The first-order valence-electron chi connectivity index (χ1n) is 6.30. The van der Waals surface area contributed by atoms with Gasteiger partial charge in [0.1, 0.15) is 0 Å². The monoisotopic (exact) mass is 250 g/mol. The van der Waals surface area contributed by atoms with Gasteiger partial charge in [0, 0.05) is 12.7 Å². The molecule has 1 aromatic rings. The summed E-state index contributed by atoms with van der Waals surface area (Å²) in [6.45, 7) is 1.20. The molecule has 1 saturated carbocycles. The molecule has 0 radical (unpaired) electrons. The summed E-state index contributed by atoms with van der Waals surface area (Å²) in [6.07, 6.45) is 8.19. The van der Waals surface area contributed by atoms with Crippen LogP contribution in [-0.2, 0) is 4.74 Å². The summed E-state index contributed by atoms with van der Waals surface area (Å²) < 4.78 is 5.69. The molecule has 0 amide bonds. The average molecular weight is 250 g/mol. The summed E-state index contributed by atoms with van der Waals surface area (Å²) in [5.74, 6) is -0.948. The molecule has 1 heterocycles. The summed E-state index contributed by atoms with van der Waals surface area (Å²) in [6, 6.07) is 1.49. The molecule has 5 nitrogen and oxygen atoms in total. The Morgan fingerprint density at radius 2 is 2.28 bits per heavy atom. The molecule has 0 bridgehead atoms. The van der Waals surface area contributed by atoms with Crippen molar-refractivity contribution in [3.05, 3.63) is 24.0 Å². The van der Waals surface area contributed by atoms with Crippen LogP contribution in [0.2, 0.25) is 0 Å². The zero-order valence-corrected chi connectivity index (χ0v) is 10.3. The van der Waals surface area contributed by atoms with Gasteiger partial charge >= 0.3 is 5.97 Å². The van der Waals surface area contributed by atoms with E-state index in [0.717, 1.165) is 12.8 Å². The maximum absolute atomic E-state index is 11.0. The van der Waals surface area contributed by atoms with Crippen LogP contribution >= 0.6 is 0 Å². The molecule has 5 heteroatoms. The molecule has 0 aromatic carbocycles. The Bertz CT molecular complexity index is 403. The Labute approximate surface area is 106 Å². The van der Waals surface area contributed by atoms with Gasteiger partial charge in [0.05, 0.1) is 30.2 Å². The smallest absolute Gasteiger partial charge is 0.337 e. The van der Waals surface area contributed by atoms with Crippen molar-refractivity contribution in [3.63, 3.8) is 0 Å². The number of hydrogen-bond acceptors (Lipinski definition) is 4. The van der Waals surface area contributed by atoms with Gasteiger partial charge in [-0.1, -0.05) is 12.8 Å². The number of anilines is 1. The van der Waals surface area contributed by atoms with Crippen LogP contribution in [0.4, 0.5) is 5.69 Å². The maximum atomic E-state index is 11.0. The minimum atomic E-state index is -0.948. The van der Waals surface area contributed by atoms with Crippen molar-refractivity contribution < 1.29 is 14.6 Å². The van der Waals surface area contributed by atoms with Crippen molar-refractivity contribution in [2.24, 2.45) is 0 Å². The molecule has 2 N–H and O–H groups in total. The standard InChI is InChI=1S/C13H18N2O3/c16-13(17)11-5-6-14-9-12(11)15-7-8-18-10-3-1-2-4-10/h5-6,9-10,15H,1-4,7-8H2,(H,16,17). The number of rotatable bonds is 6. The third kappa shape index (κ3) is 3.43. The van der Waals surface area contributed by atoms with Crippen molar-refractivity contribution in [1.82, 2.24) is 4.98 Å². The largest absolute Gasteiger partial charge is 0.478 e. The van der Waals surface area contributed by atoms with Crippen LogP contribution in [0.15, 0.2) is 18.5 Å². The highest BCUT2D eigenvalue weighted by molar-refractivity contribution is 5.93. The van der Waals surface area contributed by atoms with E-state index in [4.69, 9.17) is 9.84 Å². The zero-order chi connectivity index (χ0) is 12.8. The molecule has 2 rings (SSSR count). The van der Waals surface area contributed by atoms with E-state index in [1.165, 1.54) is 31.3 Å². The summed E-state index contributed by atoms with van der Waals surface area (Å²) in [7, 11) is 0. The fraction of sp³-hybridized carbons (Fsp3) is 0.538. The SMILES string of the molecule is O=C(O)c1ccncc1NCCOC1CCCC1. The van der Waals surface area contributed by atoms with E-state index in [-0.39, 0.29) is 5.56 Å². The number of nitrogens with zero attached hydrogens (tertiary/aromatic N) is 1. The van der Waals surface area contributed by atoms with Crippen LogP contribution in [-0.4, -0.2) is 35.3 Å². The highest BCUT2D eigenvalue weighted by Crippen LogP contribution is 2.20. The van der Waals surface area contributed by atoms with Crippen molar-refractivity contribution in [2.75, 3.05) is 18.5 Å². The number of carboxylic acid groups (broad SMARTS) is 1. The molecule has 0 atom stereocenters. The predicted octanol–water partition coefficient (Wildman–Crippen LogP) is 2.15.